The summed E-state index contributed by atoms with van der Waals surface area (Å²) in [6.45, 7) is 9.52. The van der Waals surface area contributed by atoms with Crippen molar-refractivity contribution in [2.24, 2.45) is 11.1 Å². The summed E-state index contributed by atoms with van der Waals surface area (Å²) in [5.41, 5.74) is 5.50. The largest absolute Gasteiger partial charge is 0.343 e. The predicted molar refractivity (Wildman–Crippen MR) is 100 cm³/mol. The molecule has 2 heterocycles. The molecule has 6 nitrogen and oxygen atoms in total. The highest BCUT2D eigenvalue weighted by atomic mass is 35.5. The molecule has 1 aromatic rings. The molecule has 0 aliphatic carbocycles. The van der Waals surface area contributed by atoms with Gasteiger partial charge in [0, 0.05) is 44.3 Å². The van der Waals surface area contributed by atoms with Crippen LogP contribution in [0.1, 0.15) is 32.5 Å². The van der Waals surface area contributed by atoms with Gasteiger partial charge in [0.25, 0.3) is 0 Å². The van der Waals surface area contributed by atoms with Gasteiger partial charge >= 0.3 is 0 Å². The molecule has 23 heavy (non-hydrogen) atoms. The molecule has 1 saturated heterocycles. The average molecular weight is 384 g/mol. The van der Waals surface area contributed by atoms with Gasteiger partial charge in [0.2, 0.25) is 11.0 Å². The van der Waals surface area contributed by atoms with Gasteiger partial charge in [0.1, 0.15) is 5.82 Å². The third kappa shape index (κ3) is 4.68. The van der Waals surface area contributed by atoms with Gasteiger partial charge < -0.3 is 15.5 Å². The van der Waals surface area contributed by atoms with Crippen LogP contribution in [0.15, 0.2) is 0 Å². The van der Waals surface area contributed by atoms with E-state index in [4.69, 9.17) is 5.73 Å². The van der Waals surface area contributed by atoms with Crippen LogP contribution in [0.3, 0.4) is 0 Å². The maximum Gasteiger partial charge on any atom is 0.230 e. The molecule has 0 bridgehead atoms. The lowest BCUT2D eigenvalue weighted by atomic mass is 9.81. The highest BCUT2D eigenvalue weighted by Crippen LogP contribution is 2.29. The minimum absolute atomic E-state index is 0. The molecule has 1 amide bonds. The Balaban J connectivity index is 0.00000242. The predicted octanol–water partition coefficient (Wildman–Crippen LogP) is 2.10. The van der Waals surface area contributed by atoms with Gasteiger partial charge in [-0.3, -0.25) is 4.79 Å². The first-order valence-corrected chi connectivity index (χ1v) is 8.38. The second kappa shape index (κ2) is 9.61. The Morgan fingerprint density at radius 3 is 2.17 bits per heavy atom. The van der Waals surface area contributed by atoms with Crippen LogP contribution >= 0.6 is 36.3 Å². The van der Waals surface area contributed by atoms with E-state index in [1.54, 1.807) is 0 Å². The number of hydrogen-bond acceptors (Lipinski definition) is 6. The normalized spacial score (nSPS) is 15.0. The first-order chi connectivity index (χ1) is 10.1. The van der Waals surface area contributed by atoms with Gasteiger partial charge in [-0.05, 0) is 19.8 Å². The lowest BCUT2D eigenvalue weighted by Crippen LogP contribution is -2.54. The zero-order valence-corrected chi connectivity index (χ0v) is 16.4. The van der Waals surface area contributed by atoms with Crippen LogP contribution in [0, 0.1) is 12.3 Å². The number of nitrogens with zero attached hydrogens (tertiary/aromatic N) is 4. The van der Waals surface area contributed by atoms with Gasteiger partial charge in [-0.15, -0.1) is 24.8 Å². The number of aryl methyl sites for hydroxylation is 1. The number of carbonyl (C=O) groups is 1. The fourth-order valence-electron chi connectivity index (χ4n) is 2.78. The number of halogens is 2. The summed E-state index contributed by atoms with van der Waals surface area (Å²) in [4.78, 5) is 21.3. The topological polar surface area (TPSA) is 75.4 Å². The molecule has 0 radical (unpaired) electrons. The van der Waals surface area contributed by atoms with Crippen molar-refractivity contribution in [1.29, 1.82) is 0 Å². The molecule has 0 spiro atoms. The molecule has 2 rings (SSSR count). The van der Waals surface area contributed by atoms with E-state index >= 15 is 0 Å². The molecule has 134 valence electrons. The minimum atomic E-state index is -0.387. The molecule has 1 fully saturated rings. The van der Waals surface area contributed by atoms with Crippen LogP contribution in [0.4, 0.5) is 5.13 Å². The van der Waals surface area contributed by atoms with Crippen LogP contribution < -0.4 is 10.6 Å². The van der Waals surface area contributed by atoms with Gasteiger partial charge in [0.15, 0.2) is 0 Å². The molecule has 0 saturated carbocycles. The summed E-state index contributed by atoms with van der Waals surface area (Å²) in [6.07, 6.45) is 1.60. The van der Waals surface area contributed by atoms with Crippen molar-refractivity contribution in [2.75, 3.05) is 37.6 Å². The summed E-state index contributed by atoms with van der Waals surface area (Å²) in [7, 11) is 0. The van der Waals surface area contributed by atoms with Crippen LogP contribution in [0.2, 0.25) is 0 Å². The van der Waals surface area contributed by atoms with E-state index in [2.05, 4.69) is 28.1 Å². The van der Waals surface area contributed by atoms with E-state index < -0.39 is 0 Å². The molecule has 9 heteroatoms. The third-order valence-electron chi connectivity index (χ3n) is 4.55. The van der Waals surface area contributed by atoms with Crippen molar-refractivity contribution in [1.82, 2.24) is 14.3 Å². The number of aromatic nitrogens is 2. The van der Waals surface area contributed by atoms with Gasteiger partial charge in [-0.25, -0.2) is 4.98 Å². The van der Waals surface area contributed by atoms with Crippen molar-refractivity contribution in [3.05, 3.63) is 5.82 Å². The summed E-state index contributed by atoms with van der Waals surface area (Å²) in [5.74, 6) is 1.02. The average Bonchev–Trinajstić information content (AvgIpc) is 2.96. The van der Waals surface area contributed by atoms with Crippen LogP contribution in [0.5, 0.6) is 0 Å². The number of carbonyl (C=O) groups excluding carboxylic acids is 1. The summed E-state index contributed by atoms with van der Waals surface area (Å²) in [5, 5.41) is 0.954. The standard InChI is InChI=1S/C14H25N5OS.2ClH/c1-4-14(5-2,10-15)12(20)18-6-8-19(9-7-18)13-16-11(3)17-21-13;;/h4-10,15H2,1-3H3;2*1H. The second-order valence-electron chi connectivity index (χ2n) is 5.59. The van der Waals surface area contributed by atoms with Gasteiger partial charge in [-0.2, -0.15) is 4.37 Å². The van der Waals surface area contributed by atoms with Crippen LogP contribution in [-0.4, -0.2) is 52.9 Å². The van der Waals surface area contributed by atoms with Crippen molar-refractivity contribution in [3.8, 4) is 0 Å². The molecule has 1 aliphatic heterocycles. The number of rotatable bonds is 5. The first kappa shape index (κ1) is 22.4. The van der Waals surface area contributed by atoms with Crippen LogP contribution in [-0.2, 0) is 4.79 Å². The van der Waals surface area contributed by atoms with Crippen molar-refractivity contribution >= 4 is 47.4 Å². The molecule has 1 aromatic heterocycles. The molecule has 0 unspecified atom stereocenters. The Labute approximate surface area is 154 Å². The van der Waals surface area contributed by atoms with Crippen molar-refractivity contribution < 1.29 is 4.79 Å². The Hall–Kier alpha value is -0.630. The highest BCUT2D eigenvalue weighted by Gasteiger charge is 2.38. The van der Waals surface area contributed by atoms with E-state index in [1.807, 2.05) is 11.8 Å². The maximum absolute atomic E-state index is 12.8. The zero-order chi connectivity index (χ0) is 15.5. The van der Waals surface area contributed by atoms with Crippen molar-refractivity contribution in [3.63, 3.8) is 0 Å². The molecule has 1 aliphatic rings. The monoisotopic (exact) mass is 383 g/mol. The first-order valence-electron chi connectivity index (χ1n) is 7.61. The Morgan fingerprint density at radius 1 is 1.22 bits per heavy atom. The Kier molecular flexibility index (Phi) is 9.35. The van der Waals surface area contributed by atoms with E-state index in [9.17, 15) is 4.79 Å². The fourth-order valence-corrected chi connectivity index (χ4v) is 3.50. The third-order valence-corrected chi connectivity index (χ3v) is 5.42. The molecule has 0 aromatic carbocycles. The van der Waals surface area contributed by atoms with Crippen LogP contribution in [0.25, 0.3) is 0 Å². The Bertz CT molecular complexity index is 479. The number of piperazine rings is 1. The molecular weight excluding hydrogens is 357 g/mol. The van der Waals surface area contributed by atoms with E-state index in [0.717, 1.165) is 50.0 Å². The fraction of sp³-hybridized carbons (Fsp3) is 0.786. The van der Waals surface area contributed by atoms with E-state index in [-0.39, 0.29) is 36.1 Å². The van der Waals surface area contributed by atoms with E-state index in [1.165, 1.54) is 11.5 Å². The lowest BCUT2D eigenvalue weighted by Gasteiger charge is -2.40. The van der Waals surface area contributed by atoms with E-state index in [0.29, 0.717) is 6.54 Å². The summed E-state index contributed by atoms with van der Waals surface area (Å²) >= 11 is 1.43. The molecule has 2 N–H and O–H groups in total. The number of amides is 1. The molecular formula is C14H27Cl2N5OS. The zero-order valence-electron chi connectivity index (χ0n) is 13.9. The second-order valence-corrected chi connectivity index (χ2v) is 6.33. The SMILES string of the molecule is CCC(CC)(CN)C(=O)N1CCN(c2nc(C)ns2)CC1.Cl.Cl. The van der Waals surface area contributed by atoms with Gasteiger partial charge in [-0.1, -0.05) is 13.8 Å². The summed E-state index contributed by atoms with van der Waals surface area (Å²) < 4.78 is 4.22. The minimum Gasteiger partial charge on any atom is -0.343 e. The summed E-state index contributed by atoms with van der Waals surface area (Å²) in [6, 6.07) is 0. The number of anilines is 1. The Morgan fingerprint density at radius 2 is 1.78 bits per heavy atom. The smallest absolute Gasteiger partial charge is 0.230 e. The highest BCUT2D eigenvalue weighted by molar-refractivity contribution is 7.09. The maximum atomic E-state index is 12.8. The quantitative estimate of drug-likeness (QED) is 0.842. The molecule has 0 atom stereocenters. The lowest BCUT2D eigenvalue weighted by molar-refractivity contribution is -0.142. The van der Waals surface area contributed by atoms with Gasteiger partial charge in [0.05, 0.1) is 5.41 Å². The number of nitrogens with two attached hydrogens (primary N) is 1. The van der Waals surface area contributed by atoms with Crippen molar-refractivity contribution in [2.45, 2.75) is 33.6 Å². The number of hydrogen-bond donors (Lipinski definition) is 1.